The van der Waals surface area contributed by atoms with E-state index in [4.69, 9.17) is 9.52 Å². The van der Waals surface area contributed by atoms with Gasteiger partial charge in [-0.05, 0) is 32.9 Å². The van der Waals surface area contributed by atoms with Crippen molar-refractivity contribution in [1.29, 1.82) is 0 Å². The smallest absolute Gasteiger partial charge is 0.371 e. The van der Waals surface area contributed by atoms with Crippen LogP contribution in [0.1, 0.15) is 49.5 Å². The third-order valence-corrected chi connectivity index (χ3v) is 3.17. The van der Waals surface area contributed by atoms with Gasteiger partial charge in [-0.1, -0.05) is 0 Å². The van der Waals surface area contributed by atoms with Gasteiger partial charge in [0.2, 0.25) is 11.7 Å². The maximum Gasteiger partial charge on any atom is 0.371 e. The van der Waals surface area contributed by atoms with E-state index >= 15 is 0 Å². The molecule has 6 heteroatoms. The molecule has 0 fully saturated rings. The molecule has 0 aliphatic carbocycles. The lowest BCUT2D eigenvalue weighted by Crippen LogP contribution is -2.33. The van der Waals surface area contributed by atoms with Crippen LogP contribution in [0.4, 0.5) is 0 Å². The van der Waals surface area contributed by atoms with Crippen molar-refractivity contribution >= 4 is 11.9 Å². The molecule has 1 atom stereocenters. The van der Waals surface area contributed by atoms with Gasteiger partial charge in [-0.3, -0.25) is 4.79 Å². The molecule has 0 aromatic carbocycles. The highest BCUT2D eigenvalue weighted by atomic mass is 16.4. The molecule has 1 rings (SSSR count). The molecule has 1 heterocycles. The van der Waals surface area contributed by atoms with Gasteiger partial charge in [0.1, 0.15) is 5.76 Å². The van der Waals surface area contributed by atoms with Gasteiger partial charge in [-0.25, -0.2) is 4.79 Å². The van der Waals surface area contributed by atoms with Crippen molar-refractivity contribution in [2.75, 3.05) is 19.6 Å². The molecule has 0 saturated heterocycles. The van der Waals surface area contributed by atoms with E-state index in [0.717, 1.165) is 0 Å². The first-order valence-electron chi connectivity index (χ1n) is 6.83. The van der Waals surface area contributed by atoms with Gasteiger partial charge in [0.15, 0.2) is 0 Å². The lowest BCUT2D eigenvalue weighted by molar-refractivity contribution is -0.130. The number of hydrogen-bond acceptors (Lipinski definition) is 4. The Hall–Kier alpha value is -1.82. The molecule has 1 aromatic rings. The number of carbonyl (C=O) groups excluding carboxylic acids is 1. The molecule has 1 amide bonds. The van der Waals surface area contributed by atoms with Gasteiger partial charge in [-0.15, -0.1) is 0 Å². The number of hydrogen-bond donors (Lipinski definition) is 2. The van der Waals surface area contributed by atoms with Gasteiger partial charge in [-0.2, -0.15) is 0 Å². The first-order chi connectivity index (χ1) is 9.49. The summed E-state index contributed by atoms with van der Waals surface area (Å²) in [5.41, 5.74) is 0. The van der Waals surface area contributed by atoms with Crippen LogP contribution in [0.3, 0.4) is 0 Å². The molecule has 0 saturated carbocycles. The number of carboxylic acid groups (broad SMARTS) is 1. The Balaban J connectivity index is 2.41. The lowest BCUT2D eigenvalue weighted by atomic mass is 10.2. The quantitative estimate of drug-likeness (QED) is 0.760. The van der Waals surface area contributed by atoms with Gasteiger partial charge in [0.05, 0.1) is 6.04 Å². The predicted octanol–water partition coefficient (Wildman–Crippen LogP) is 1.89. The van der Waals surface area contributed by atoms with Crippen LogP contribution in [0.5, 0.6) is 0 Å². The van der Waals surface area contributed by atoms with Crippen LogP contribution in [0.25, 0.3) is 0 Å². The van der Waals surface area contributed by atoms with E-state index in [1.807, 2.05) is 20.8 Å². The van der Waals surface area contributed by atoms with Crippen molar-refractivity contribution in [3.05, 3.63) is 23.7 Å². The Morgan fingerprint density at radius 2 is 2.00 bits per heavy atom. The fourth-order valence-corrected chi connectivity index (χ4v) is 1.93. The number of amides is 1. The van der Waals surface area contributed by atoms with Gasteiger partial charge < -0.3 is 19.7 Å². The van der Waals surface area contributed by atoms with Crippen molar-refractivity contribution in [2.24, 2.45) is 0 Å². The maximum atomic E-state index is 11.8. The molecule has 20 heavy (non-hydrogen) atoms. The van der Waals surface area contributed by atoms with Crippen LogP contribution in [-0.2, 0) is 4.79 Å². The molecule has 2 N–H and O–H groups in total. The summed E-state index contributed by atoms with van der Waals surface area (Å²) in [6.45, 7) is 7.73. The van der Waals surface area contributed by atoms with Gasteiger partial charge in [0, 0.05) is 26.1 Å². The largest absolute Gasteiger partial charge is 0.475 e. The van der Waals surface area contributed by atoms with Crippen LogP contribution in [0.15, 0.2) is 16.5 Å². The molecule has 0 aliphatic heterocycles. The van der Waals surface area contributed by atoms with E-state index < -0.39 is 5.97 Å². The minimum Gasteiger partial charge on any atom is -0.475 e. The zero-order valence-electron chi connectivity index (χ0n) is 12.2. The zero-order valence-corrected chi connectivity index (χ0v) is 12.2. The average molecular weight is 282 g/mol. The van der Waals surface area contributed by atoms with Crippen molar-refractivity contribution in [1.82, 2.24) is 10.2 Å². The minimum atomic E-state index is -1.08. The summed E-state index contributed by atoms with van der Waals surface area (Å²) in [5.74, 6) is -0.494. The summed E-state index contributed by atoms with van der Waals surface area (Å²) >= 11 is 0. The summed E-state index contributed by atoms with van der Waals surface area (Å²) in [4.78, 5) is 24.3. The fourth-order valence-electron chi connectivity index (χ4n) is 1.93. The Morgan fingerprint density at radius 3 is 2.50 bits per heavy atom. The number of nitrogens with zero attached hydrogens (tertiary/aromatic N) is 1. The second kappa shape index (κ2) is 7.69. The molecular formula is C14H22N2O4. The molecule has 1 aromatic heterocycles. The summed E-state index contributed by atoms with van der Waals surface area (Å²) in [6, 6.07) is 2.93. The summed E-state index contributed by atoms with van der Waals surface area (Å²) in [6.07, 6.45) is 0.415. The normalized spacial score (nSPS) is 12.2. The second-order valence-corrected chi connectivity index (χ2v) is 4.50. The fraction of sp³-hybridized carbons (Fsp3) is 0.571. The van der Waals surface area contributed by atoms with E-state index in [9.17, 15) is 9.59 Å². The van der Waals surface area contributed by atoms with Crippen LogP contribution in [0.2, 0.25) is 0 Å². The van der Waals surface area contributed by atoms with Crippen molar-refractivity contribution in [2.45, 2.75) is 33.2 Å². The van der Waals surface area contributed by atoms with Gasteiger partial charge >= 0.3 is 5.97 Å². The molecule has 0 aliphatic rings. The Morgan fingerprint density at radius 1 is 1.35 bits per heavy atom. The highest BCUT2D eigenvalue weighted by molar-refractivity contribution is 5.84. The number of aromatic carboxylic acids is 1. The van der Waals surface area contributed by atoms with E-state index in [2.05, 4.69) is 5.32 Å². The highest BCUT2D eigenvalue weighted by Gasteiger charge is 2.15. The molecular weight excluding hydrogens is 260 g/mol. The van der Waals surface area contributed by atoms with E-state index in [-0.39, 0.29) is 17.7 Å². The first kappa shape index (κ1) is 16.2. The Kier molecular flexibility index (Phi) is 6.24. The van der Waals surface area contributed by atoms with Crippen LogP contribution in [0, 0.1) is 0 Å². The maximum absolute atomic E-state index is 11.8. The van der Waals surface area contributed by atoms with Crippen LogP contribution in [-0.4, -0.2) is 41.5 Å². The lowest BCUT2D eigenvalue weighted by Gasteiger charge is -2.19. The zero-order chi connectivity index (χ0) is 15.1. The highest BCUT2D eigenvalue weighted by Crippen LogP contribution is 2.16. The van der Waals surface area contributed by atoms with Crippen LogP contribution < -0.4 is 5.32 Å². The second-order valence-electron chi connectivity index (χ2n) is 4.50. The molecule has 0 bridgehead atoms. The molecule has 0 spiro atoms. The summed E-state index contributed by atoms with van der Waals surface area (Å²) < 4.78 is 5.20. The average Bonchev–Trinajstić information content (AvgIpc) is 2.89. The monoisotopic (exact) mass is 282 g/mol. The number of furan rings is 1. The van der Waals surface area contributed by atoms with Crippen molar-refractivity contribution < 1.29 is 19.1 Å². The predicted molar refractivity (Wildman–Crippen MR) is 74.6 cm³/mol. The van der Waals surface area contributed by atoms with Crippen LogP contribution >= 0.6 is 0 Å². The van der Waals surface area contributed by atoms with E-state index in [1.165, 1.54) is 6.07 Å². The summed E-state index contributed by atoms with van der Waals surface area (Å²) in [5, 5.41) is 11.9. The number of rotatable bonds is 8. The number of carboxylic acids is 1. The van der Waals surface area contributed by atoms with Crippen molar-refractivity contribution in [3.8, 4) is 0 Å². The van der Waals surface area contributed by atoms with Crippen molar-refractivity contribution in [3.63, 3.8) is 0 Å². The number of nitrogens with one attached hydrogen (secondary N) is 1. The molecule has 1 unspecified atom stereocenters. The van der Waals surface area contributed by atoms with Gasteiger partial charge in [0.25, 0.3) is 0 Å². The Labute approximate surface area is 118 Å². The third kappa shape index (κ3) is 4.38. The molecule has 0 radical (unpaired) electrons. The third-order valence-electron chi connectivity index (χ3n) is 3.17. The SMILES string of the molecule is CCN(CC)C(=O)CCNC(C)c1ccc(C(=O)O)o1. The Bertz CT molecular complexity index is 452. The first-order valence-corrected chi connectivity index (χ1v) is 6.83. The molecule has 6 nitrogen and oxygen atoms in total. The minimum absolute atomic E-state index is 0.0760. The number of carbonyl (C=O) groups is 2. The standard InChI is InChI=1S/C14H22N2O4/c1-4-16(5-2)13(17)8-9-15-10(3)11-6-7-12(20-11)14(18)19/h6-7,10,15H,4-5,8-9H2,1-3H3,(H,18,19). The summed E-state index contributed by atoms with van der Waals surface area (Å²) in [7, 11) is 0. The van der Waals surface area contributed by atoms with E-state index in [1.54, 1.807) is 11.0 Å². The van der Waals surface area contributed by atoms with E-state index in [0.29, 0.717) is 31.8 Å². The topological polar surface area (TPSA) is 82.8 Å². The molecule has 112 valence electrons.